The predicted molar refractivity (Wildman–Crippen MR) is 175 cm³/mol. The van der Waals surface area contributed by atoms with Crippen LogP contribution in [0.5, 0.6) is 0 Å². The van der Waals surface area contributed by atoms with Crippen LogP contribution in [-0.2, 0) is 29.7 Å². The van der Waals surface area contributed by atoms with E-state index in [1.54, 1.807) is 12.4 Å². The maximum Gasteiger partial charge on any atom is 0.357 e. The van der Waals surface area contributed by atoms with E-state index in [0.29, 0.717) is 21.4 Å². The number of fused-ring (bicyclic) bond motifs is 1. The molecule has 4 heterocycles. The van der Waals surface area contributed by atoms with Gasteiger partial charge in [-0.15, -0.1) is 11.8 Å². The smallest absolute Gasteiger partial charge is 0.357 e. The number of rotatable bonds is 10. The van der Waals surface area contributed by atoms with Crippen molar-refractivity contribution in [3.05, 3.63) is 110 Å². The lowest BCUT2D eigenvalue weighted by atomic mass is 10.0. The number of aromatic nitrogens is 3. The van der Waals surface area contributed by atoms with Gasteiger partial charge in [0.15, 0.2) is 16.1 Å². The maximum absolute atomic E-state index is 14.5. The molecule has 12 nitrogen and oxygen atoms in total. The quantitative estimate of drug-likeness (QED) is 0.0588. The zero-order valence-corrected chi connectivity index (χ0v) is 27.2. The molecule has 0 aliphatic carbocycles. The van der Waals surface area contributed by atoms with Gasteiger partial charge in [-0.05, 0) is 27.1 Å². The van der Waals surface area contributed by atoms with Crippen molar-refractivity contribution in [2.24, 2.45) is 5.16 Å². The largest absolute Gasteiger partial charge is 0.448 e. The average Bonchev–Trinajstić information content (AvgIpc) is 3.68. The number of nitrogens with two attached hydrogens (primary N) is 1. The van der Waals surface area contributed by atoms with Crippen molar-refractivity contribution in [3.8, 4) is 0 Å². The highest BCUT2D eigenvalue weighted by Crippen LogP contribution is 2.59. The number of β-lactam (4-membered cyclic amide) rings is 1. The van der Waals surface area contributed by atoms with Gasteiger partial charge in [-0.25, -0.2) is 9.78 Å². The predicted octanol–water partition coefficient (Wildman–Crippen LogP) is 4.72. The number of thioether (sulfide) groups is 2. The number of nitrogens with one attached hydrogen (secondary N) is 2. The van der Waals surface area contributed by atoms with E-state index in [1.165, 1.54) is 28.4 Å². The summed E-state index contributed by atoms with van der Waals surface area (Å²) in [5, 5.41) is 21.4. The maximum atomic E-state index is 14.5. The first-order valence-electron chi connectivity index (χ1n) is 13.4. The summed E-state index contributed by atoms with van der Waals surface area (Å²) in [5.41, 5.74) is 8.66. The molecule has 2 amide bonds. The molecular formula is C29H24BrN7O5S3. The minimum atomic E-state index is -1.54. The molecular weight excluding hydrogens is 702 g/mol. The van der Waals surface area contributed by atoms with E-state index in [4.69, 9.17) is 10.5 Å². The first-order valence-corrected chi connectivity index (χ1v) is 16.9. The average molecular weight is 727 g/mol. The van der Waals surface area contributed by atoms with E-state index < -0.39 is 28.2 Å². The number of halogens is 1. The fourth-order valence-corrected chi connectivity index (χ4v) is 9.75. The number of anilines is 1. The van der Waals surface area contributed by atoms with Crippen molar-refractivity contribution in [1.82, 2.24) is 25.4 Å². The van der Waals surface area contributed by atoms with Crippen molar-refractivity contribution >= 4 is 79.9 Å². The molecule has 4 aromatic rings. The van der Waals surface area contributed by atoms with Gasteiger partial charge in [0.1, 0.15) is 17.6 Å². The molecule has 1 unspecified atom stereocenters. The summed E-state index contributed by atoms with van der Waals surface area (Å²) in [4.78, 5) is 45.6. The molecule has 0 spiro atoms. The molecule has 2 aliphatic heterocycles. The Hall–Kier alpha value is -4.12. The molecule has 0 radical (unpaired) electrons. The van der Waals surface area contributed by atoms with Gasteiger partial charge in [-0.1, -0.05) is 88.9 Å². The minimum Gasteiger partial charge on any atom is -0.448 e. The van der Waals surface area contributed by atoms with E-state index >= 15 is 0 Å². The molecule has 0 bridgehead atoms. The van der Waals surface area contributed by atoms with Crippen LogP contribution >= 0.6 is 50.8 Å². The van der Waals surface area contributed by atoms with Crippen LogP contribution in [0.3, 0.4) is 0 Å². The lowest BCUT2D eigenvalue weighted by molar-refractivity contribution is -0.152. The summed E-state index contributed by atoms with van der Waals surface area (Å²) in [6.07, 6.45) is 3.35. The van der Waals surface area contributed by atoms with Crippen LogP contribution in [0, 0.1) is 0 Å². The van der Waals surface area contributed by atoms with E-state index in [1.807, 2.05) is 60.7 Å². The van der Waals surface area contributed by atoms with Gasteiger partial charge in [0, 0.05) is 17.5 Å². The lowest BCUT2D eigenvalue weighted by Crippen LogP contribution is -2.60. The fraction of sp³-hybridized carbons (Fsp3) is 0.172. The Labute approximate surface area is 277 Å². The molecule has 6 rings (SSSR count). The van der Waals surface area contributed by atoms with Crippen molar-refractivity contribution in [3.63, 3.8) is 0 Å². The van der Waals surface area contributed by atoms with Crippen LogP contribution in [0.15, 0.2) is 92.6 Å². The van der Waals surface area contributed by atoms with E-state index in [-0.39, 0.29) is 28.1 Å². The third kappa shape index (κ3) is 6.10. The highest BCUT2D eigenvalue weighted by atomic mass is 79.9. The number of amides is 2. The van der Waals surface area contributed by atoms with E-state index in [9.17, 15) is 19.6 Å². The number of thiazole rings is 1. The fourth-order valence-electron chi connectivity index (χ4n) is 5.01. The van der Waals surface area contributed by atoms with Gasteiger partial charge in [0.05, 0.1) is 26.7 Å². The number of hydrogen-bond donors (Lipinski definition) is 4. The van der Waals surface area contributed by atoms with Gasteiger partial charge < -0.3 is 21.0 Å². The van der Waals surface area contributed by atoms with Gasteiger partial charge in [0.2, 0.25) is 5.91 Å². The second kappa shape index (κ2) is 13.1. The number of hydrogen-bond acceptors (Lipinski definition) is 12. The first kappa shape index (κ1) is 30.9. The van der Waals surface area contributed by atoms with Gasteiger partial charge >= 0.3 is 5.97 Å². The second-order valence-corrected chi connectivity index (χ2v) is 14.5. The number of oxime groups is 1. The normalized spacial score (nSPS) is 19.5. The number of nitrogens with zero attached hydrogens (tertiary/aromatic N) is 4. The molecule has 16 heteroatoms. The van der Waals surface area contributed by atoms with Crippen LogP contribution in [0.4, 0.5) is 5.13 Å². The summed E-state index contributed by atoms with van der Waals surface area (Å²) in [7, 11) is 0. The SMILES string of the molecule is Nc1nc(C2(NC(=O)/C=N\O)S[C@H]3CC(=O)N3C(C(=O)OC(c3ccccc3)c3ccccc3)=C2SCc2cn[nH]c2)c(Br)s1. The Morgan fingerprint density at radius 2 is 1.93 bits per heavy atom. The lowest BCUT2D eigenvalue weighted by Gasteiger charge is -2.51. The molecule has 2 aromatic carbocycles. The van der Waals surface area contributed by atoms with Crippen LogP contribution in [-0.4, -0.2) is 54.7 Å². The third-order valence-corrected chi connectivity index (χ3v) is 11.4. The van der Waals surface area contributed by atoms with Crippen LogP contribution < -0.4 is 11.1 Å². The number of nitrogen functional groups attached to an aromatic ring is 1. The standard InChI is InChI=1S/C29H24BrN7O5S3/c30-26-24(35-28(31)44-26)29(36-19(38)14-34-41)25(43-15-16-12-32-33-13-16)22(37-20(39)11-21(37)45-29)27(40)42-23(17-7-3-1-4-8-17)18-9-5-2-6-10-18/h1-10,12-14,21,23,41H,11,15H2,(H2,31,35)(H,32,33)(H,36,38)/b34-14-/t21-,29?/m0/s1. The molecule has 0 saturated carbocycles. The number of carbonyl (C=O) groups is 3. The second-order valence-electron chi connectivity index (χ2n) is 9.81. The van der Waals surface area contributed by atoms with Crippen molar-refractivity contribution in [2.45, 2.75) is 28.5 Å². The number of aromatic amines is 1. The highest BCUT2D eigenvalue weighted by Gasteiger charge is 2.58. The van der Waals surface area contributed by atoms with Gasteiger partial charge in [0.25, 0.3) is 5.91 Å². The molecule has 1 saturated heterocycles. The number of H-pyrrole nitrogens is 1. The Kier molecular flexibility index (Phi) is 8.98. The summed E-state index contributed by atoms with van der Waals surface area (Å²) < 4.78 is 6.79. The van der Waals surface area contributed by atoms with Crippen LogP contribution in [0.25, 0.3) is 0 Å². The highest BCUT2D eigenvalue weighted by molar-refractivity contribution is 9.11. The monoisotopic (exact) mass is 725 g/mol. The van der Waals surface area contributed by atoms with Crippen molar-refractivity contribution < 1.29 is 24.3 Å². The first-order chi connectivity index (χ1) is 21.8. The molecule has 1 fully saturated rings. The Bertz CT molecular complexity index is 1750. The van der Waals surface area contributed by atoms with Gasteiger partial charge in [-0.2, -0.15) is 5.10 Å². The minimum absolute atomic E-state index is 0.0277. The number of benzene rings is 2. The number of ether oxygens (including phenoxy) is 1. The van der Waals surface area contributed by atoms with Crippen molar-refractivity contribution in [1.29, 1.82) is 0 Å². The third-order valence-electron chi connectivity index (χ3n) is 6.97. The van der Waals surface area contributed by atoms with Crippen LogP contribution in [0.2, 0.25) is 0 Å². The zero-order valence-electron chi connectivity index (χ0n) is 23.1. The van der Waals surface area contributed by atoms with Crippen LogP contribution in [0.1, 0.15) is 34.9 Å². The van der Waals surface area contributed by atoms with E-state index in [0.717, 1.165) is 28.0 Å². The Morgan fingerprint density at radius 3 is 2.49 bits per heavy atom. The van der Waals surface area contributed by atoms with Gasteiger partial charge in [-0.3, -0.25) is 19.6 Å². The summed E-state index contributed by atoms with van der Waals surface area (Å²) in [6, 6.07) is 18.6. The Morgan fingerprint density at radius 1 is 1.24 bits per heavy atom. The molecule has 230 valence electrons. The van der Waals surface area contributed by atoms with E-state index in [2.05, 4.69) is 41.6 Å². The molecule has 2 aromatic heterocycles. The molecule has 2 aliphatic rings. The topological polar surface area (TPSA) is 176 Å². The van der Waals surface area contributed by atoms with Crippen molar-refractivity contribution in [2.75, 3.05) is 5.73 Å². The molecule has 2 atom stereocenters. The Balaban J connectivity index is 1.54. The summed E-state index contributed by atoms with van der Waals surface area (Å²) >= 11 is 7.13. The zero-order chi connectivity index (χ0) is 31.6. The summed E-state index contributed by atoms with van der Waals surface area (Å²) in [5.74, 6) is -1.50. The number of esters is 1. The molecule has 5 N–H and O–H groups in total. The summed E-state index contributed by atoms with van der Waals surface area (Å²) in [6.45, 7) is 0. The number of carbonyl (C=O) groups excluding carboxylic acids is 3. The molecule has 45 heavy (non-hydrogen) atoms.